The normalized spacial score (nSPS) is 22.8. The molecule has 1 atom stereocenters. The predicted octanol–water partition coefficient (Wildman–Crippen LogP) is 1.90. The minimum absolute atomic E-state index is 0.0335. The first kappa shape index (κ1) is 19.3. The zero-order chi connectivity index (χ0) is 19.9. The molecule has 7 nitrogen and oxygen atoms in total. The van der Waals surface area contributed by atoms with Gasteiger partial charge in [-0.3, -0.25) is 9.69 Å². The van der Waals surface area contributed by atoms with Crippen LogP contribution in [0.25, 0.3) is 10.9 Å². The summed E-state index contributed by atoms with van der Waals surface area (Å²) in [6.07, 6.45) is 1.21. The summed E-state index contributed by atoms with van der Waals surface area (Å²) in [5, 5.41) is 0.921. The van der Waals surface area contributed by atoms with Crippen molar-refractivity contribution >= 4 is 26.6 Å². The van der Waals surface area contributed by atoms with Crippen LogP contribution in [-0.2, 0) is 9.84 Å². The highest BCUT2D eigenvalue weighted by atomic mass is 32.2. The third-order valence-electron chi connectivity index (χ3n) is 5.66. The van der Waals surface area contributed by atoms with Crippen molar-refractivity contribution in [3.63, 3.8) is 0 Å². The molecule has 2 saturated heterocycles. The summed E-state index contributed by atoms with van der Waals surface area (Å²) in [4.78, 5) is 19.9. The van der Waals surface area contributed by atoms with Crippen molar-refractivity contribution in [2.75, 3.05) is 37.7 Å². The van der Waals surface area contributed by atoms with Gasteiger partial charge in [0.1, 0.15) is 17.5 Å². The summed E-state index contributed by atoms with van der Waals surface area (Å²) >= 11 is 0. The average Bonchev–Trinajstić information content (AvgIpc) is 3.28. The molecule has 0 unspecified atom stereocenters. The van der Waals surface area contributed by atoms with E-state index in [1.54, 1.807) is 4.90 Å². The Morgan fingerprint density at radius 1 is 1.18 bits per heavy atom. The average molecular weight is 406 g/mol. The van der Waals surface area contributed by atoms with Crippen molar-refractivity contribution in [1.82, 2.24) is 14.8 Å². The standard InChI is InChI=1S/C20H27N3O4S/c1-14(2)23-6-5-17(13-23)27-16-3-4-18-15(11-16)12-19(21-18)20(24)22-7-9-28(25,26)10-8-22/h3-4,11-12,14,17,21H,5-10,13H2,1-2H3/t17-/m0/s1. The van der Waals surface area contributed by atoms with Crippen molar-refractivity contribution in [3.8, 4) is 5.75 Å². The fraction of sp³-hybridized carbons (Fsp3) is 0.550. The van der Waals surface area contributed by atoms with Gasteiger partial charge in [0.2, 0.25) is 0 Å². The first-order valence-corrected chi connectivity index (χ1v) is 11.7. The van der Waals surface area contributed by atoms with Crippen LogP contribution in [0.4, 0.5) is 0 Å². The molecule has 2 aromatic rings. The van der Waals surface area contributed by atoms with Crippen LogP contribution in [0, 0.1) is 0 Å². The predicted molar refractivity (Wildman–Crippen MR) is 109 cm³/mol. The maximum Gasteiger partial charge on any atom is 0.270 e. The Balaban J connectivity index is 1.45. The van der Waals surface area contributed by atoms with Gasteiger partial charge in [-0.05, 0) is 44.5 Å². The smallest absolute Gasteiger partial charge is 0.270 e. The Labute approximate surface area is 165 Å². The topological polar surface area (TPSA) is 82.7 Å². The van der Waals surface area contributed by atoms with Crippen LogP contribution in [0.15, 0.2) is 24.3 Å². The molecule has 1 aromatic heterocycles. The minimum Gasteiger partial charge on any atom is -0.489 e. The number of hydrogen-bond donors (Lipinski definition) is 1. The molecule has 0 radical (unpaired) electrons. The highest BCUT2D eigenvalue weighted by Crippen LogP contribution is 2.25. The quantitative estimate of drug-likeness (QED) is 0.840. The molecule has 0 saturated carbocycles. The molecule has 1 aromatic carbocycles. The first-order chi connectivity index (χ1) is 13.3. The minimum atomic E-state index is -3.01. The molecule has 0 spiro atoms. The fourth-order valence-electron chi connectivity index (χ4n) is 3.90. The van der Waals surface area contributed by atoms with E-state index >= 15 is 0 Å². The Morgan fingerprint density at radius 3 is 2.61 bits per heavy atom. The van der Waals surface area contributed by atoms with Crippen molar-refractivity contribution in [2.45, 2.75) is 32.4 Å². The molecule has 3 heterocycles. The van der Waals surface area contributed by atoms with E-state index in [0.717, 1.165) is 36.2 Å². The number of aromatic amines is 1. The van der Waals surface area contributed by atoms with E-state index in [4.69, 9.17) is 4.74 Å². The number of carbonyl (C=O) groups excluding carboxylic acids is 1. The highest BCUT2D eigenvalue weighted by molar-refractivity contribution is 7.91. The zero-order valence-electron chi connectivity index (χ0n) is 16.3. The number of sulfone groups is 1. The van der Waals surface area contributed by atoms with Crippen LogP contribution in [0.2, 0.25) is 0 Å². The molecule has 0 aliphatic carbocycles. The van der Waals surface area contributed by atoms with Gasteiger partial charge in [0, 0.05) is 43.1 Å². The second-order valence-electron chi connectivity index (χ2n) is 7.99. The van der Waals surface area contributed by atoms with Gasteiger partial charge < -0.3 is 14.6 Å². The molecule has 1 N–H and O–H groups in total. The number of fused-ring (bicyclic) bond motifs is 1. The summed E-state index contributed by atoms with van der Waals surface area (Å²) < 4.78 is 29.3. The van der Waals surface area contributed by atoms with Gasteiger partial charge in [0.15, 0.2) is 9.84 Å². The Bertz CT molecular complexity index is 968. The number of likely N-dealkylation sites (tertiary alicyclic amines) is 1. The lowest BCUT2D eigenvalue weighted by atomic mass is 10.2. The van der Waals surface area contributed by atoms with Gasteiger partial charge in [0.25, 0.3) is 5.91 Å². The number of nitrogens with zero attached hydrogens (tertiary/aromatic N) is 2. The first-order valence-electron chi connectivity index (χ1n) is 9.84. The SMILES string of the molecule is CC(C)N1CC[C@H](Oc2ccc3[nH]c(C(=O)N4CCS(=O)(=O)CC4)cc3c2)C1. The van der Waals surface area contributed by atoms with E-state index < -0.39 is 9.84 Å². The lowest BCUT2D eigenvalue weighted by Gasteiger charge is -2.26. The van der Waals surface area contributed by atoms with Crippen LogP contribution < -0.4 is 4.74 Å². The van der Waals surface area contributed by atoms with Gasteiger partial charge in [-0.1, -0.05) is 0 Å². The number of ether oxygens (including phenoxy) is 1. The molecule has 4 rings (SSSR count). The summed E-state index contributed by atoms with van der Waals surface area (Å²) in [7, 11) is -3.01. The van der Waals surface area contributed by atoms with E-state index in [1.165, 1.54) is 0 Å². The molecule has 2 fully saturated rings. The summed E-state index contributed by atoms with van der Waals surface area (Å²) in [5.74, 6) is 0.722. The summed E-state index contributed by atoms with van der Waals surface area (Å²) in [6.45, 7) is 6.89. The van der Waals surface area contributed by atoms with E-state index in [0.29, 0.717) is 11.7 Å². The van der Waals surface area contributed by atoms with Gasteiger partial charge >= 0.3 is 0 Å². The van der Waals surface area contributed by atoms with Crippen LogP contribution in [0.5, 0.6) is 5.75 Å². The van der Waals surface area contributed by atoms with Crippen LogP contribution >= 0.6 is 0 Å². The van der Waals surface area contributed by atoms with E-state index in [1.807, 2.05) is 24.3 Å². The maximum absolute atomic E-state index is 12.7. The molecule has 0 bridgehead atoms. The monoisotopic (exact) mass is 405 g/mol. The lowest BCUT2D eigenvalue weighted by Crippen LogP contribution is -2.43. The van der Waals surface area contributed by atoms with Crippen LogP contribution in [-0.4, -0.2) is 78.9 Å². The molecule has 8 heteroatoms. The van der Waals surface area contributed by atoms with Gasteiger partial charge in [-0.25, -0.2) is 8.42 Å². The fourth-order valence-corrected chi connectivity index (χ4v) is 5.10. The number of carbonyl (C=O) groups is 1. The molecular weight excluding hydrogens is 378 g/mol. The van der Waals surface area contributed by atoms with E-state index in [9.17, 15) is 13.2 Å². The van der Waals surface area contributed by atoms with Gasteiger partial charge in [0.05, 0.1) is 11.5 Å². The molecule has 2 aliphatic rings. The van der Waals surface area contributed by atoms with Crippen molar-refractivity contribution in [3.05, 3.63) is 30.0 Å². The second kappa shape index (κ2) is 7.40. The van der Waals surface area contributed by atoms with Crippen molar-refractivity contribution in [1.29, 1.82) is 0 Å². The zero-order valence-corrected chi connectivity index (χ0v) is 17.2. The number of H-pyrrole nitrogens is 1. The number of hydrogen-bond acceptors (Lipinski definition) is 5. The largest absolute Gasteiger partial charge is 0.489 e. The van der Waals surface area contributed by atoms with Gasteiger partial charge in [-0.2, -0.15) is 0 Å². The summed E-state index contributed by atoms with van der Waals surface area (Å²) in [6, 6.07) is 8.17. The van der Waals surface area contributed by atoms with Crippen molar-refractivity contribution in [2.24, 2.45) is 0 Å². The third kappa shape index (κ3) is 4.03. The van der Waals surface area contributed by atoms with Crippen LogP contribution in [0.3, 0.4) is 0 Å². The number of rotatable bonds is 4. The lowest BCUT2D eigenvalue weighted by molar-refractivity contribution is 0.0765. The number of nitrogens with one attached hydrogen (secondary N) is 1. The molecule has 1 amide bonds. The summed E-state index contributed by atoms with van der Waals surface area (Å²) in [5.41, 5.74) is 1.36. The molecule has 28 heavy (non-hydrogen) atoms. The molecule has 2 aliphatic heterocycles. The van der Waals surface area contributed by atoms with Crippen molar-refractivity contribution < 1.29 is 17.9 Å². The van der Waals surface area contributed by atoms with E-state index in [2.05, 4.69) is 23.7 Å². The molecular formula is C20H27N3O4S. The van der Waals surface area contributed by atoms with Gasteiger partial charge in [-0.15, -0.1) is 0 Å². The van der Waals surface area contributed by atoms with Crippen LogP contribution in [0.1, 0.15) is 30.8 Å². The Morgan fingerprint density at radius 2 is 1.93 bits per heavy atom. The maximum atomic E-state index is 12.7. The Kier molecular flexibility index (Phi) is 5.09. The Hall–Kier alpha value is -2.06. The second-order valence-corrected chi connectivity index (χ2v) is 10.3. The van der Waals surface area contributed by atoms with E-state index in [-0.39, 0.29) is 36.6 Å². The highest BCUT2D eigenvalue weighted by Gasteiger charge is 2.27. The number of benzene rings is 1. The number of amides is 1. The number of aromatic nitrogens is 1. The molecule has 152 valence electrons. The third-order valence-corrected chi connectivity index (χ3v) is 7.27.